The second-order valence-electron chi connectivity index (χ2n) is 5.88. The third kappa shape index (κ3) is 4.00. The fraction of sp³-hybridized carbons (Fsp3) is 0.600. The number of piperidine rings is 1. The van der Waals surface area contributed by atoms with Crippen LogP contribution in [0.5, 0.6) is 0 Å². The number of carbonyl (C=O) groups is 2. The van der Waals surface area contributed by atoms with Crippen LogP contribution < -0.4 is 17.3 Å². The van der Waals surface area contributed by atoms with Crippen molar-refractivity contribution in [3.63, 3.8) is 0 Å². The van der Waals surface area contributed by atoms with Gasteiger partial charge in [-0.15, -0.1) is 0 Å². The first-order valence-electron chi connectivity index (χ1n) is 7.53. The number of nitrogens with one attached hydrogen (secondary N) is 1. The Morgan fingerprint density at radius 1 is 1.52 bits per heavy atom. The van der Waals surface area contributed by atoms with E-state index in [1.54, 1.807) is 11.8 Å². The molecule has 0 aromatic carbocycles. The summed E-state index contributed by atoms with van der Waals surface area (Å²) >= 11 is 6.34. The molecule has 2 aliphatic rings. The van der Waals surface area contributed by atoms with Crippen LogP contribution in [0.25, 0.3) is 0 Å². The molecule has 130 valence electrons. The highest BCUT2D eigenvalue weighted by Gasteiger charge is 2.44. The first kappa shape index (κ1) is 19.8. The number of hydrogen-bond donors (Lipinski definition) is 1. The summed E-state index contributed by atoms with van der Waals surface area (Å²) in [7, 11) is 4.02. The number of fused-ring (bicyclic) bond motifs is 1. The molecule has 2 atom stereocenters. The lowest BCUT2D eigenvalue weighted by Crippen LogP contribution is -3.00. The number of halogens is 2. The summed E-state index contributed by atoms with van der Waals surface area (Å²) in [5, 5.41) is 0. The normalized spacial score (nSPS) is 25.9. The van der Waals surface area contributed by atoms with Gasteiger partial charge in [-0.1, -0.05) is 0 Å². The predicted octanol–water partition coefficient (Wildman–Crippen LogP) is -2.73. The third-order valence-electron chi connectivity index (χ3n) is 3.84. The zero-order chi connectivity index (χ0) is 16.4. The van der Waals surface area contributed by atoms with Gasteiger partial charge in [0.1, 0.15) is 11.7 Å². The summed E-state index contributed by atoms with van der Waals surface area (Å²) in [5.41, 5.74) is 1.07. The van der Waals surface area contributed by atoms with E-state index in [2.05, 4.69) is 6.20 Å². The van der Waals surface area contributed by atoms with E-state index in [0.29, 0.717) is 0 Å². The van der Waals surface area contributed by atoms with Gasteiger partial charge in [-0.25, -0.2) is 4.79 Å². The van der Waals surface area contributed by atoms with Crippen molar-refractivity contribution in [1.29, 1.82) is 0 Å². The van der Waals surface area contributed by atoms with E-state index < -0.39 is 5.97 Å². The van der Waals surface area contributed by atoms with Gasteiger partial charge < -0.3 is 26.9 Å². The SMILES string of the molecule is CCOC(=O)C1=CN(Cl)C2C(=C[NH+](C)C)CCC(C)N2C1=O.[Cl-]. The minimum Gasteiger partial charge on any atom is -1.00 e. The van der Waals surface area contributed by atoms with Gasteiger partial charge in [-0.2, -0.15) is 0 Å². The summed E-state index contributed by atoms with van der Waals surface area (Å²) in [4.78, 5) is 27.5. The maximum absolute atomic E-state index is 12.7. The Balaban J connectivity index is 0.00000264. The molecular weight excluding hydrogens is 341 g/mol. The van der Waals surface area contributed by atoms with E-state index in [0.717, 1.165) is 23.3 Å². The Bertz CT molecular complexity index is 534. The molecule has 2 heterocycles. The van der Waals surface area contributed by atoms with Crippen LogP contribution >= 0.6 is 11.8 Å². The molecule has 0 aromatic heterocycles. The van der Waals surface area contributed by atoms with Gasteiger partial charge >= 0.3 is 5.97 Å². The lowest BCUT2D eigenvalue weighted by atomic mass is 9.93. The fourth-order valence-electron chi connectivity index (χ4n) is 2.91. The zero-order valence-electron chi connectivity index (χ0n) is 13.8. The van der Waals surface area contributed by atoms with Gasteiger partial charge in [0, 0.05) is 29.6 Å². The van der Waals surface area contributed by atoms with Gasteiger partial charge in [0.2, 0.25) is 0 Å². The summed E-state index contributed by atoms with van der Waals surface area (Å²) in [5.74, 6) is -0.939. The number of rotatable bonds is 3. The van der Waals surface area contributed by atoms with Crippen molar-refractivity contribution in [3.8, 4) is 0 Å². The Morgan fingerprint density at radius 3 is 2.74 bits per heavy atom. The van der Waals surface area contributed by atoms with Crippen LogP contribution in [0.3, 0.4) is 0 Å². The molecule has 2 aliphatic heterocycles. The molecule has 2 rings (SSSR count). The third-order valence-corrected chi connectivity index (χ3v) is 4.12. The van der Waals surface area contributed by atoms with Crippen molar-refractivity contribution in [2.45, 2.75) is 38.9 Å². The Hall–Kier alpha value is -1.24. The van der Waals surface area contributed by atoms with Crippen LogP contribution in [-0.4, -0.2) is 54.1 Å². The predicted molar refractivity (Wildman–Crippen MR) is 82.6 cm³/mol. The van der Waals surface area contributed by atoms with Gasteiger partial charge in [0.25, 0.3) is 5.91 Å². The van der Waals surface area contributed by atoms with Gasteiger partial charge in [-0.3, -0.25) is 9.21 Å². The van der Waals surface area contributed by atoms with Gasteiger partial charge in [0.05, 0.1) is 26.9 Å². The highest BCUT2D eigenvalue weighted by Crippen LogP contribution is 2.35. The largest absolute Gasteiger partial charge is 1.00 e. The number of ether oxygens (including phenoxy) is 1. The first-order chi connectivity index (χ1) is 10.4. The average molecular weight is 364 g/mol. The Labute approximate surface area is 148 Å². The van der Waals surface area contributed by atoms with Crippen molar-refractivity contribution >= 4 is 23.7 Å². The lowest BCUT2D eigenvalue weighted by molar-refractivity contribution is -0.802. The van der Waals surface area contributed by atoms with Gasteiger partial charge in [0.15, 0.2) is 0 Å². The van der Waals surface area contributed by atoms with Crippen molar-refractivity contribution in [2.24, 2.45) is 0 Å². The molecule has 8 heteroatoms. The number of nitrogens with zero attached hydrogens (tertiary/aromatic N) is 2. The summed E-state index contributed by atoms with van der Waals surface area (Å²) < 4.78 is 6.36. The molecular formula is C15H23Cl2N3O3. The highest BCUT2D eigenvalue weighted by molar-refractivity contribution is 6.20. The minimum absolute atomic E-state index is 0. The van der Waals surface area contributed by atoms with Crippen molar-refractivity contribution in [3.05, 3.63) is 23.5 Å². The molecule has 1 fully saturated rings. The van der Waals surface area contributed by atoms with Crippen LogP contribution in [0.15, 0.2) is 23.5 Å². The summed E-state index contributed by atoms with van der Waals surface area (Å²) in [6.45, 7) is 3.90. The molecule has 0 bridgehead atoms. The standard InChI is InChI=1S/C15H22ClN3O3.ClH/c1-5-22-15(21)12-9-18(16)13-11(8-17(3)4)7-6-10(2)19(13)14(12)20;/h8-10,13H,5-7H2,1-4H3;1H. The van der Waals surface area contributed by atoms with Crippen LogP contribution in [0.4, 0.5) is 0 Å². The second kappa shape index (κ2) is 8.04. The molecule has 1 amide bonds. The van der Waals surface area contributed by atoms with E-state index in [4.69, 9.17) is 16.5 Å². The smallest absolute Gasteiger partial charge is 0.345 e. The number of amides is 1. The zero-order valence-corrected chi connectivity index (χ0v) is 15.3. The Morgan fingerprint density at radius 2 is 2.17 bits per heavy atom. The van der Waals surface area contributed by atoms with E-state index in [1.165, 1.54) is 10.6 Å². The molecule has 0 radical (unpaired) electrons. The number of hydrogen-bond acceptors (Lipinski definition) is 4. The van der Waals surface area contributed by atoms with Gasteiger partial charge in [-0.05, 0) is 26.7 Å². The number of esters is 1. The molecule has 1 saturated heterocycles. The van der Waals surface area contributed by atoms with Crippen molar-refractivity contribution in [1.82, 2.24) is 9.32 Å². The molecule has 0 aliphatic carbocycles. The Kier molecular flexibility index (Phi) is 6.92. The monoisotopic (exact) mass is 363 g/mol. The fourth-order valence-corrected chi connectivity index (χ4v) is 3.22. The molecule has 0 spiro atoms. The number of quaternary nitrogens is 1. The average Bonchev–Trinajstić information content (AvgIpc) is 2.44. The molecule has 0 saturated carbocycles. The maximum atomic E-state index is 12.7. The minimum atomic E-state index is -0.627. The molecule has 1 N–H and O–H groups in total. The van der Waals surface area contributed by atoms with Crippen LogP contribution in [0.2, 0.25) is 0 Å². The summed E-state index contributed by atoms with van der Waals surface area (Å²) in [6.07, 6.45) is 4.84. The maximum Gasteiger partial charge on any atom is 0.345 e. The second-order valence-corrected chi connectivity index (χ2v) is 6.27. The summed E-state index contributed by atoms with van der Waals surface area (Å²) in [6, 6.07) is 0.0196. The van der Waals surface area contributed by atoms with Crippen molar-refractivity contribution < 1.29 is 31.6 Å². The van der Waals surface area contributed by atoms with E-state index >= 15 is 0 Å². The molecule has 2 unspecified atom stereocenters. The van der Waals surface area contributed by atoms with E-state index in [1.807, 2.05) is 21.0 Å². The van der Waals surface area contributed by atoms with Crippen molar-refractivity contribution in [2.75, 3.05) is 20.7 Å². The lowest BCUT2D eigenvalue weighted by Gasteiger charge is -2.46. The van der Waals surface area contributed by atoms with Crippen LogP contribution in [0, 0.1) is 0 Å². The van der Waals surface area contributed by atoms with E-state index in [9.17, 15) is 9.59 Å². The molecule has 0 aromatic rings. The highest BCUT2D eigenvalue weighted by atomic mass is 35.5. The quantitative estimate of drug-likeness (QED) is 0.336. The van der Waals surface area contributed by atoms with E-state index in [-0.39, 0.29) is 42.7 Å². The molecule has 6 nitrogen and oxygen atoms in total. The van der Waals surface area contributed by atoms with Crippen LogP contribution in [-0.2, 0) is 14.3 Å². The topological polar surface area (TPSA) is 54.3 Å². The number of carbonyl (C=O) groups excluding carboxylic acids is 2. The first-order valence-corrected chi connectivity index (χ1v) is 7.87. The van der Waals surface area contributed by atoms with Crippen LogP contribution in [0.1, 0.15) is 26.7 Å². The molecule has 23 heavy (non-hydrogen) atoms.